The van der Waals surface area contributed by atoms with Crippen molar-refractivity contribution in [2.75, 3.05) is 13.1 Å². The number of hydrogen-bond donors (Lipinski definition) is 1. The number of carbonyl (C=O) groups excluding carboxylic acids is 3. The van der Waals surface area contributed by atoms with Gasteiger partial charge in [-0.3, -0.25) is 23.7 Å². The number of aromatic nitrogens is 2. The lowest BCUT2D eigenvalue weighted by Crippen LogP contribution is -2.33. The fraction of sp³-hybridized carbons (Fsp3) is 0.300. The van der Waals surface area contributed by atoms with Gasteiger partial charge in [-0.05, 0) is 42.8 Å². The summed E-state index contributed by atoms with van der Waals surface area (Å²) in [4.78, 5) is 43.6. The highest BCUT2D eigenvalue weighted by atomic mass is 32.2. The molecular weight excluding hydrogens is 408 g/mol. The molecule has 0 aliphatic carbocycles. The molecule has 7 nitrogen and oxygen atoms in total. The van der Waals surface area contributed by atoms with E-state index in [0.29, 0.717) is 29.3 Å². The average molecular weight is 429 g/mol. The fourth-order valence-corrected chi connectivity index (χ4v) is 5.01. The van der Waals surface area contributed by atoms with Gasteiger partial charge in [0.05, 0.1) is 26.7 Å². The lowest BCUT2D eigenvalue weighted by atomic mass is 10.3. The lowest BCUT2D eigenvalue weighted by Gasteiger charge is -2.16. The van der Waals surface area contributed by atoms with Crippen LogP contribution in [0.2, 0.25) is 0 Å². The third kappa shape index (κ3) is 3.97. The molecule has 0 bridgehead atoms. The number of imide groups is 1. The molecule has 4 heterocycles. The van der Waals surface area contributed by atoms with E-state index in [1.807, 2.05) is 41.7 Å². The van der Waals surface area contributed by atoms with E-state index in [4.69, 9.17) is 0 Å². The van der Waals surface area contributed by atoms with Gasteiger partial charge in [0.2, 0.25) is 0 Å². The number of amides is 3. The summed E-state index contributed by atoms with van der Waals surface area (Å²) in [6.45, 7) is 2.71. The van der Waals surface area contributed by atoms with Crippen LogP contribution in [0.4, 0.5) is 4.79 Å². The van der Waals surface area contributed by atoms with Crippen LogP contribution >= 0.6 is 23.5 Å². The van der Waals surface area contributed by atoms with Crippen LogP contribution in [-0.2, 0) is 9.59 Å². The van der Waals surface area contributed by atoms with Gasteiger partial charge in [0.25, 0.3) is 17.1 Å². The van der Waals surface area contributed by atoms with Crippen molar-refractivity contribution in [3.8, 4) is 0 Å². The van der Waals surface area contributed by atoms with E-state index in [-0.39, 0.29) is 17.1 Å². The fourth-order valence-electron chi connectivity index (χ4n) is 3.13. The summed E-state index contributed by atoms with van der Waals surface area (Å²) in [6, 6.07) is 5.80. The zero-order chi connectivity index (χ0) is 20.4. The van der Waals surface area contributed by atoms with Crippen molar-refractivity contribution in [2.45, 2.75) is 31.2 Å². The first-order valence-corrected chi connectivity index (χ1v) is 11.1. The zero-order valence-electron chi connectivity index (χ0n) is 15.9. The van der Waals surface area contributed by atoms with E-state index in [2.05, 4.69) is 10.3 Å². The van der Waals surface area contributed by atoms with Crippen molar-refractivity contribution < 1.29 is 14.4 Å². The van der Waals surface area contributed by atoms with Crippen molar-refractivity contribution in [1.29, 1.82) is 0 Å². The van der Waals surface area contributed by atoms with Gasteiger partial charge < -0.3 is 5.32 Å². The molecule has 3 amide bonds. The van der Waals surface area contributed by atoms with Gasteiger partial charge in [-0.1, -0.05) is 37.2 Å². The van der Waals surface area contributed by atoms with E-state index >= 15 is 0 Å². The van der Waals surface area contributed by atoms with Crippen LogP contribution in [0.15, 0.2) is 45.3 Å². The van der Waals surface area contributed by atoms with Crippen molar-refractivity contribution in [3.63, 3.8) is 0 Å². The Labute approximate surface area is 176 Å². The summed E-state index contributed by atoms with van der Waals surface area (Å²) < 4.78 is 2.01. The Morgan fingerprint density at radius 2 is 2.14 bits per heavy atom. The number of carbonyl (C=O) groups is 3. The Kier molecular flexibility index (Phi) is 5.77. The van der Waals surface area contributed by atoms with Crippen molar-refractivity contribution in [2.24, 2.45) is 0 Å². The van der Waals surface area contributed by atoms with E-state index < -0.39 is 0 Å². The molecule has 0 saturated carbocycles. The molecule has 0 aromatic carbocycles. The van der Waals surface area contributed by atoms with Gasteiger partial charge in [0.1, 0.15) is 5.65 Å². The monoisotopic (exact) mass is 428 g/mol. The Morgan fingerprint density at radius 3 is 2.97 bits per heavy atom. The standard InChI is InChI=1S/C20H20N4O3S2/c1-2-3-6-14-19(26)23(20(27)29-14)10-5-9-21-18(25)15-11-13-12-22-16-7-4-8-17(28-15)24(13)16/h4,6-8,11-12H,2-3,5,9-10H2,1H3,(H,21,25). The first kappa shape index (κ1) is 19.8. The van der Waals surface area contributed by atoms with Crippen LogP contribution in [0.3, 0.4) is 0 Å². The van der Waals surface area contributed by atoms with Gasteiger partial charge in [0, 0.05) is 13.1 Å². The number of imidazole rings is 1. The van der Waals surface area contributed by atoms with Gasteiger partial charge in [0.15, 0.2) is 0 Å². The molecule has 150 valence electrons. The summed E-state index contributed by atoms with van der Waals surface area (Å²) in [7, 11) is 0. The molecule has 2 aliphatic heterocycles. The molecule has 2 aromatic heterocycles. The largest absolute Gasteiger partial charge is 0.352 e. The number of allylic oxidation sites excluding steroid dienone is 1. The van der Waals surface area contributed by atoms with Crippen LogP contribution in [-0.4, -0.2) is 44.4 Å². The smallest absolute Gasteiger partial charge is 0.293 e. The molecule has 2 aromatic rings. The Balaban J connectivity index is 1.30. The lowest BCUT2D eigenvalue weighted by molar-refractivity contribution is -0.122. The van der Waals surface area contributed by atoms with Gasteiger partial charge in [-0.2, -0.15) is 0 Å². The maximum atomic E-state index is 12.6. The van der Waals surface area contributed by atoms with E-state index in [1.165, 1.54) is 16.7 Å². The normalized spacial score (nSPS) is 17.3. The SMILES string of the molecule is CCCC=C1SC(=O)N(CCCNC(=O)C2=Cc3cnc4cccc(n34)S2)C1=O. The van der Waals surface area contributed by atoms with Gasteiger partial charge >= 0.3 is 0 Å². The third-order valence-corrected chi connectivity index (χ3v) is 6.58. The van der Waals surface area contributed by atoms with Gasteiger partial charge in [-0.15, -0.1) is 0 Å². The molecule has 0 radical (unpaired) electrons. The Hall–Kier alpha value is -2.52. The molecule has 1 N–H and O–H groups in total. The summed E-state index contributed by atoms with van der Waals surface area (Å²) in [5, 5.41) is 3.58. The predicted octanol–water partition coefficient (Wildman–Crippen LogP) is 3.67. The second-order valence-corrected chi connectivity index (χ2v) is 8.70. The Bertz CT molecular complexity index is 1060. The highest BCUT2D eigenvalue weighted by Gasteiger charge is 2.34. The van der Waals surface area contributed by atoms with Crippen LogP contribution in [0.25, 0.3) is 11.7 Å². The van der Waals surface area contributed by atoms with E-state index in [9.17, 15) is 14.4 Å². The number of hydrogen-bond acceptors (Lipinski definition) is 6. The molecule has 4 rings (SSSR count). The van der Waals surface area contributed by atoms with Crippen LogP contribution in [0.1, 0.15) is 31.9 Å². The van der Waals surface area contributed by atoms with E-state index in [0.717, 1.165) is 41.0 Å². The molecular formula is C20H20N4O3S2. The molecule has 9 heteroatoms. The minimum atomic E-state index is -0.240. The minimum absolute atomic E-state index is 0.170. The van der Waals surface area contributed by atoms with Crippen LogP contribution < -0.4 is 5.32 Å². The van der Waals surface area contributed by atoms with Crippen LogP contribution in [0, 0.1) is 0 Å². The highest BCUT2D eigenvalue weighted by molar-refractivity contribution is 8.18. The topological polar surface area (TPSA) is 83.8 Å². The van der Waals surface area contributed by atoms with Crippen molar-refractivity contribution in [3.05, 3.63) is 46.0 Å². The quantitative estimate of drug-likeness (QED) is 0.535. The molecule has 1 saturated heterocycles. The first-order chi connectivity index (χ1) is 14.1. The molecule has 1 fully saturated rings. The molecule has 0 unspecified atom stereocenters. The van der Waals surface area contributed by atoms with Crippen LogP contribution in [0.5, 0.6) is 0 Å². The summed E-state index contributed by atoms with van der Waals surface area (Å²) in [6.07, 6.45) is 7.62. The molecule has 0 spiro atoms. The summed E-state index contributed by atoms with van der Waals surface area (Å²) >= 11 is 2.39. The van der Waals surface area contributed by atoms with E-state index in [1.54, 1.807) is 6.20 Å². The average Bonchev–Trinajstić information content (AvgIpc) is 3.26. The zero-order valence-corrected chi connectivity index (χ0v) is 17.5. The predicted molar refractivity (Wildman–Crippen MR) is 114 cm³/mol. The summed E-state index contributed by atoms with van der Waals surface area (Å²) in [5.74, 6) is -0.400. The second-order valence-electron chi connectivity index (χ2n) is 6.64. The first-order valence-electron chi connectivity index (χ1n) is 9.46. The molecule has 29 heavy (non-hydrogen) atoms. The minimum Gasteiger partial charge on any atom is -0.352 e. The number of nitrogens with one attached hydrogen (secondary N) is 1. The molecule has 0 atom stereocenters. The number of unbranched alkanes of at least 4 members (excludes halogenated alkanes) is 1. The summed E-state index contributed by atoms with van der Waals surface area (Å²) in [5.41, 5.74) is 1.72. The maximum absolute atomic E-state index is 12.6. The number of rotatable bonds is 7. The van der Waals surface area contributed by atoms with Crippen molar-refractivity contribution >= 4 is 52.3 Å². The number of pyridine rings is 1. The number of thioether (sulfide) groups is 2. The Morgan fingerprint density at radius 1 is 1.28 bits per heavy atom. The van der Waals surface area contributed by atoms with Gasteiger partial charge in [-0.25, -0.2) is 4.98 Å². The third-order valence-electron chi connectivity index (χ3n) is 4.57. The highest BCUT2D eigenvalue weighted by Crippen LogP contribution is 2.34. The molecule has 2 aliphatic rings. The number of nitrogens with zero attached hydrogens (tertiary/aromatic N) is 3. The van der Waals surface area contributed by atoms with Crippen molar-refractivity contribution in [1.82, 2.24) is 19.6 Å². The second kappa shape index (κ2) is 8.46. The maximum Gasteiger partial charge on any atom is 0.293 e.